The second-order valence-electron chi connectivity index (χ2n) is 5.68. The van der Waals surface area contributed by atoms with Gasteiger partial charge in [0.2, 0.25) is 11.8 Å². The second kappa shape index (κ2) is 7.57. The highest BCUT2D eigenvalue weighted by molar-refractivity contribution is 7.92. The third kappa shape index (κ3) is 4.19. The van der Waals surface area contributed by atoms with E-state index >= 15 is 0 Å². The van der Waals surface area contributed by atoms with Crippen LogP contribution >= 0.6 is 0 Å². The van der Waals surface area contributed by atoms with Crippen LogP contribution in [0.2, 0.25) is 0 Å². The number of hydrogen-bond acceptors (Lipinski definition) is 6. The molecule has 2 aromatic rings. The number of carbonyl (C=O) groups is 1. The van der Waals surface area contributed by atoms with Gasteiger partial charge < -0.3 is 4.42 Å². The van der Waals surface area contributed by atoms with E-state index in [4.69, 9.17) is 4.42 Å². The summed E-state index contributed by atoms with van der Waals surface area (Å²) < 4.78 is 29.6. The van der Waals surface area contributed by atoms with Crippen LogP contribution in [0.15, 0.2) is 33.6 Å². The number of sulfone groups is 1. The van der Waals surface area contributed by atoms with Gasteiger partial charge in [-0.2, -0.15) is 0 Å². The predicted octanol–water partition coefficient (Wildman–Crippen LogP) is 3.05. The maximum absolute atomic E-state index is 12.1. The van der Waals surface area contributed by atoms with Crippen LogP contribution in [0.3, 0.4) is 0 Å². The van der Waals surface area contributed by atoms with E-state index in [1.807, 2.05) is 6.92 Å². The molecule has 0 aliphatic rings. The van der Waals surface area contributed by atoms with Crippen LogP contribution in [-0.2, 0) is 14.6 Å². The highest BCUT2D eigenvalue weighted by Crippen LogP contribution is 2.23. The average Bonchev–Trinajstić information content (AvgIpc) is 3.01. The molecule has 0 unspecified atom stereocenters. The molecule has 24 heavy (non-hydrogen) atoms. The Morgan fingerprint density at radius 1 is 1.21 bits per heavy atom. The number of benzene rings is 1. The van der Waals surface area contributed by atoms with Crippen molar-refractivity contribution >= 4 is 21.8 Å². The lowest BCUT2D eigenvalue weighted by atomic mass is 10.2. The van der Waals surface area contributed by atoms with E-state index in [0.717, 1.165) is 12.8 Å². The lowest BCUT2D eigenvalue weighted by Gasteiger charge is -2.07. The Bertz CT molecular complexity index is 795. The van der Waals surface area contributed by atoms with Crippen LogP contribution < -0.4 is 5.32 Å². The van der Waals surface area contributed by atoms with Crippen LogP contribution in [0.5, 0.6) is 0 Å². The van der Waals surface area contributed by atoms with Gasteiger partial charge >= 0.3 is 6.01 Å². The minimum Gasteiger partial charge on any atom is -0.403 e. The van der Waals surface area contributed by atoms with Gasteiger partial charge in [0.15, 0.2) is 9.84 Å². The molecule has 0 saturated heterocycles. The number of unbranched alkanes of at least 4 members (excludes halogenated alkanes) is 1. The zero-order chi connectivity index (χ0) is 17.7. The number of rotatable bonds is 7. The minimum atomic E-state index is -3.32. The molecule has 1 aromatic carbocycles. The van der Waals surface area contributed by atoms with Crippen molar-refractivity contribution in [1.29, 1.82) is 0 Å². The highest BCUT2D eigenvalue weighted by Gasteiger charge is 2.19. The first-order chi connectivity index (χ1) is 11.3. The zero-order valence-corrected chi connectivity index (χ0v) is 14.8. The summed E-state index contributed by atoms with van der Waals surface area (Å²) in [5, 5.41) is 9.69. The normalized spacial score (nSPS) is 11.7. The molecule has 0 bridgehead atoms. The van der Waals surface area contributed by atoms with Crippen molar-refractivity contribution in [2.45, 2.75) is 50.2 Å². The largest absolute Gasteiger partial charge is 0.403 e. The van der Waals surface area contributed by atoms with Crippen LogP contribution in [0.4, 0.5) is 6.01 Å². The first-order valence-electron chi connectivity index (χ1n) is 7.82. The van der Waals surface area contributed by atoms with Gasteiger partial charge in [-0.3, -0.25) is 10.1 Å². The van der Waals surface area contributed by atoms with E-state index in [1.54, 1.807) is 26.0 Å². The quantitative estimate of drug-likeness (QED) is 0.822. The molecular weight excluding hydrogens is 330 g/mol. The third-order valence-corrected chi connectivity index (χ3v) is 5.65. The van der Waals surface area contributed by atoms with Crippen molar-refractivity contribution in [3.05, 3.63) is 24.3 Å². The number of nitrogens with one attached hydrogen (secondary N) is 1. The Balaban J connectivity index is 2.12. The summed E-state index contributed by atoms with van der Waals surface area (Å²) >= 11 is 0. The Labute approximate surface area is 141 Å². The molecule has 0 aliphatic heterocycles. The van der Waals surface area contributed by atoms with Crippen molar-refractivity contribution < 1.29 is 17.6 Å². The smallest absolute Gasteiger partial charge is 0.322 e. The topological polar surface area (TPSA) is 102 Å². The van der Waals surface area contributed by atoms with Gasteiger partial charge in [-0.1, -0.05) is 18.4 Å². The fourth-order valence-corrected chi connectivity index (χ4v) is 3.03. The summed E-state index contributed by atoms with van der Waals surface area (Å²) in [5.41, 5.74) is 0.583. The molecule has 2 rings (SSSR count). The van der Waals surface area contributed by atoms with Crippen molar-refractivity contribution in [2.24, 2.45) is 0 Å². The Hall–Kier alpha value is -2.22. The summed E-state index contributed by atoms with van der Waals surface area (Å²) in [5.74, 6) is 0.0414. The lowest BCUT2D eigenvalue weighted by molar-refractivity contribution is -0.116. The summed E-state index contributed by atoms with van der Waals surface area (Å²) in [4.78, 5) is 11.9. The highest BCUT2D eigenvalue weighted by atomic mass is 32.2. The summed E-state index contributed by atoms with van der Waals surface area (Å²) in [6, 6.07) is 6.25. The molecule has 0 radical (unpaired) electrons. The van der Waals surface area contributed by atoms with Crippen LogP contribution in [-0.4, -0.2) is 29.8 Å². The number of nitrogens with zero attached hydrogens (tertiary/aromatic N) is 2. The molecule has 130 valence electrons. The summed E-state index contributed by atoms with van der Waals surface area (Å²) in [7, 11) is -3.32. The van der Waals surface area contributed by atoms with Crippen molar-refractivity contribution in [1.82, 2.24) is 10.2 Å². The Kier molecular flexibility index (Phi) is 5.71. The maximum Gasteiger partial charge on any atom is 0.322 e. The van der Waals surface area contributed by atoms with Crippen molar-refractivity contribution in [2.75, 3.05) is 5.32 Å². The standard InChI is InChI=1S/C16H21N3O4S/c1-4-5-6-14(20)17-16-19-18-15(23-16)12-7-9-13(10-8-12)24(21,22)11(2)3/h7-11H,4-6H2,1-3H3,(H,17,19,20). The molecule has 8 heteroatoms. The molecule has 0 saturated carbocycles. The minimum absolute atomic E-state index is 0.0324. The molecule has 0 aliphatic carbocycles. The molecule has 0 atom stereocenters. The van der Waals surface area contributed by atoms with Crippen LogP contribution in [0.25, 0.3) is 11.5 Å². The first-order valence-corrected chi connectivity index (χ1v) is 9.37. The fourth-order valence-electron chi connectivity index (χ4n) is 1.97. The monoisotopic (exact) mass is 351 g/mol. The van der Waals surface area contributed by atoms with E-state index in [9.17, 15) is 13.2 Å². The number of aromatic nitrogens is 2. The van der Waals surface area contributed by atoms with Crippen molar-refractivity contribution in [3.63, 3.8) is 0 Å². The van der Waals surface area contributed by atoms with Gasteiger partial charge in [-0.15, -0.1) is 5.10 Å². The molecule has 1 N–H and O–H groups in total. The molecule has 0 fully saturated rings. The number of carbonyl (C=O) groups excluding carboxylic acids is 1. The van der Waals surface area contributed by atoms with Crippen LogP contribution in [0.1, 0.15) is 40.0 Å². The van der Waals surface area contributed by atoms with Gasteiger partial charge in [-0.25, -0.2) is 8.42 Å². The second-order valence-corrected chi connectivity index (χ2v) is 8.19. The summed E-state index contributed by atoms with van der Waals surface area (Å²) in [6.07, 6.45) is 2.11. The van der Waals surface area contributed by atoms with Crippen LogP contribution in [0, 0.1) is 0 Å². The Morgan fingerprint density at radius 2 is 1.88 bits per heavy atom. The van der Waals surface area contributed by atoms with E-state index in [0.29, 0.717) is 12.0 Å². The molecule has 1 amide bonds. The molecular formula is C16H21N3O4S. The first kappa shape index (κ1) is 18.1. The molecule has 1 heterocycles. The van der Waals surface area contributed by atoms with Gasteiger partial charge in [0, 0.05) is 12.0 Å². The number of anilines is 1. The SMILES string of the molecule is CCCCC(=O)Nc1nnc(-c2ccc(S(=O)(=O)C(C)C)cc2)o1. The van der Waals surface area contributed by atoms with Gasteiger partial charge in [0.1, 0.15) is 0 Å². The van der Waals surface area contributed by atoms with E-state index in [2.05, 4.69) is 15.5 Å². The van der Waals surface area contributed by atoms with Gasteiger partial charge in [0.25, 0.3) is 0 Å². The summed E-state index contributed by atoms with van der Waals surface area (Å²) in [6.45, 7) is 5.27. The molecule has 7 nitrogen and oxygen atoms in total. The molecule has 1 aromatic heterocycles. The fraction of sp³-hybridized carbons (Fsp3) is 0.438. The average molecular weight is 351 g/mol. The van der Waals surface area contributed by atoms with Crippen molar-refractivity contribution in [3.8, 4) is 11.5 Å². The lowest BCUT2D eigenvalue weighted by Crippen LogP contribution is -2.13. The number of hydrogen-bond donors (Lipinski definition) is 1. The number of amides is 1. The predicted molar refractivity (Wildman–Crippen MR) is 90.2 cm³/mol. The Morgan fingerprint density at radius 3 is 2.46 bits per heavy atom. The van der Waals surface area contributed by atoms with Gasteiger partial charge in [0.05, 0.1) is 10.1 Å². The third-order valence-electron chi connectivity index (χ3n) is 3.48. The maximum atomic E-state index is 12.1. The van der Waals surface area contributed by atoms with E-state index in [-0.39, 0.29) is 22.7 Å². The van der Waals surface area contributed by atoms with E-state index in [1.165, 1.54) is 12.1 Å². The zero-order valence-electron chi connectivity index (χ0n) is 13.9. The molecule has 0 spiro atoms. The van der Waals surface area contributed by atoms with E-state index < -0.39 is 15.1 Å². The van der Waals surface area contributed by atoms with Gasteiger partial charge in [-0.05, 0) is 44.5 Å².